The molecular formula is C3H3AuNiO. The molecule has 0 unspecified atom stereocenters. The third kappa shape index (κ3) is 22.8. The van der Waals surface area contributed by atoms with Gasteiger partial charge in [0.25, 0.3) is 0 Å². The van der Waals surface area contributed by atoms with E-state index in [-0.39, 0.29) is 38.9 Å². The Balaban J connectivity index is -0.0000000450. The summed E-state index contributed by atoms with van der Waals surface area (Å²) in [6, 6.07) is 0. The number of carbonyl (C=O) groups excluding carboxylic acids is 1. The Hall–Kier alpha value is 0.644. The molecule has 0 radical (unpaired) electrons. The third-order valence-corrected chi connectivity index (χ3v) is 0.0833. The van der Waals surface area contributed by atoms with Gasteiger partial charge < -0.3 is 4.79 Å². The van der Waals surface area contributed by atoms with Crippen LogP contribution in [-0.4, -0.2) is 6.29 Å². The topological polar surface area (TPSA) is 17.1 Å². The number of rotatable bonds is 1. The molecule has 42 valence electrons. The van der Waals surface area contributed by atoms with Crippen LogP contribution in [0.5, 0.6) is 0 Å². The normalized spacial score (nSPS) is 3.33. The first-order chi connectivity index (χ1) is 1.91. The van der Waals surface area contributed by atoms with Crippen molar-refractivity contribution >= 4 is 6.29 Å². The summed E-state index contributed by atoms with van der Waals surface area (Å²) in [7, 11) is 0. The first-order valence-electron chi connectivity index (χ1n) is 0.901. The second-order valence-corrected chi connectivity index (χ2v) is 0.322. The molecule has 0 fully saturated rings. The van der Waals surface area contributed by atoms with Crippen molar-refractivity contribution in [3.63, 3.8) is 0 Å². The molecule has 0 aromatic rings. The van der Waals surface area contributed by atoms with Crippen LogP contribution in [0.2, 0.25) is 0 Å². The SMILES string of the molecule is C=C[C-]=O.[Au+].[Ni]. The Morgan fingerprint density at radius 1 is 1.67 bits per heavy atom. The van der Waals surface area contributed by atoms with Crippen LogP contribution in [0.1, 0.15) is 0 Å². The molecule has 0 bridgehead atoms. The van der Waals surface area contributed by atoms with Crippen LogP contribution in [-0.2, 0) is 43.7 Å². The molecule has 0 amide bonds. The molecule has 1 nitrogen and oxygen atoms in total. The second-order valence-electron chi connectivity index (χ2n) is 0.322. The smallest absolute Gasteiger partial charge is 0.419 e. The van der Waals surface area contributed by atoms with Crippen molar-refractivity contribution in [2.75, 3.05) is 0 Å². The Bertz CT molecular complexity index is 31.8. The molecule has 3 heteroatoms. The molecule has 0 aromatic carbocycles. The zero-order valence-electron chi connectivity index (χ0n) is 2.81. The second kappa shape index (κ2) is 17.4. The van der Waals surface area contributed by atoms with E-state index in [9.17, 15) is 0 Å². The summed E-state index contributed by atoms with van der Waals surface area (Å²) >= 11 is 0. The Kier molecular flexibility index (Phi) is 46.3. The van der Waals surface area contributed by atoms with Crippen LogP contribution < -0.4 is 0 Å². The van der Waals surface area contributed by atoms with Crippen molar-refractivity contribution in [1.82, 2.24) is 0 Å². The Labute approximate surface area is 62.6 Å². The standard InChI is InChI=1S/C3H3O.Au.Ni/c1-2-3-4;;/h2H,1H2;;/q-1;+1;. The summed E-state index contributed by atoms with van der Waals surface area (Å²) in [5.74, 6) is 0. The fourth-order valence-corrected chi connectivity index (χ4v) is 0. The predicted molar refractivity (Wildman–Crippen MR) is 15.9 cm³/mol. The van der Waals surface area contributed by atoms with Gasteiger partial charge in [0, 0.05) is 16.5 Å². The van der Waals surface area contributed by atoms with Crippen molar-refractivity contribution in [2.24, 2.45) is 0 Å². The van der Waals surface area contributed by atoms with Crippen molar-refractivity contribution in [1.29, 1.82) is 0 Å². The van der Waals surface area contributed by atoms with E-state index < -0.39 is 0 Å². The van der Waals surface area contributed by atoms with E-state index in [1.165, 1.54) is 6.29 Å². The largest absolute Gasteiger partial charge is 1.00 e. The molecule has 0 aliphatic carbocycles. The summed E-state index contributed by atoms with van der Waals surface area (Å²) < 4.78 is 0. The minimum Gasteiger partial charge on any atom is -0.419 e. The quantitative estimate of drug-likeness (QED) is 0.386. The zero-order chi connectivity index (χ0) is 3.41. The fraction of sp³-hybridized carbons (Fsp3) is 0. The minimum atomic E-state index is 0. The fourth-order valence-electron chi connectivity index (χ4n) is 0. The van der Waals surface area contributed by atoms with Gasteiger partial charge in [-0.3, -0.25) is 0 Å². The molecule has 0 aliphatic rings. The molecule has 0 N–H and O–H groups in total. The maximum absolute atomic E-state index is 8.93. The molecule has 0 aromatic heterocycles. The van der Waals surface area contributed by atoms with Gasteiger partial charge in [0.2, 0.25) is 0 Å². The molecule has 0 heterocycles. The average molecular weight is 311 g/mol. The van der Waals surface area contributed by atoms with Crippen molar-refractivity contribution in [3.8, 4) is 0 Å². The maximum Gasteiger partial charge on any atom is 1.00 e. The van der Waals surface area contributed by atoms with Gasteiger partial charge in [0.05, 0.1) is 0 Å². The molecule has 6 heavy (non-hydrogen) atoms. The van der Waals surface area contributed by atoms with Gasteiger partial charge in [-0.05, 0) is 6.29 Å². The van der Waals surface area contributed by atoms with E-state index in [4.69, 9.17) is 4.79 Å². The summed E-state index contributed by atoms with van der Waals surface area (Å²) in [4.78, 5) is 8.93. The minimum absolute atomic E-state index is 0. The van der Waals surface area contributed by atoms with Crippen LogP contribution in [0, 0.1) is 0 Å². The molecule has 0 spiro atoms. The van der Waals surface area contributed by atoms with Crippen LogP contribution in [0.3, 0.4) is 0 Å². The number of allylic oxidation sites excluding steroid dienone is 1. The van der Waals surface area contributed by atoms with E-state index in [1.54, 1.807) is 0 Å². The molecule has 0 aliphatic heterocycles. The van der Waals surface area contributed by atoms with E-state index in [2.05, 4.69) is 6.58 Å². The van der Waals surface area contributed by atoms with Gasteiger partial charge in [0.15, 0.2) is 0 Å². The first kappa shape index (κ1) is 15.9. The van der Waals surface area contributed by atoms with E-state index in [1.807, 2.05) is 0 Å². The van der Waals surface area contributed by atoms with E-state index >= 15 is 0 Å². The maximum atomic E-state index is 8.93. The molecule has 0 saturated carbocycles. The molecule has 0 atom stereocenters. The first-order valence-corrected chi connectivity index (χ1v) is 0.901. The van der Waals surface area contributed by atoms with Gasteiger partial charge in [-0.25, -0.2) is 12.7 Å². The number of hydrogen-bond acceptors (Lipinski definition) is 1. The molecule has 0 saturated heterocycles. The van der Waals surface area contributed by atoms with Crippen molar-refractivity contribution in [3.05, 3.63) is 12.7 Å². The van der Waals surface area contributed by atoms with Gasteiger partial charge in [-0.2, -0.15) is 0 Å². The van der Waals surface area contributed by atoms with Crippen molar-refractivity contribution in [2.45, 2.75) is 0 Å². The third-order valence-electron chi connectivity index (χ3n) is 0.0833. The average Bonchev–Trinajstić information content (AvgIpc) is 1.37. The monoisotopic (exact) mass is 310 g/mol. The van der Waals surface area contributed by atoms with Crippen LogP contribution in [0.15, 0.2) is 12.7 Å². The van der Waals surface area contributed by atoms with Crippen molar-refractivity contribution < 1.29 is 43.7 Å². The van der Waals surface area contributed by atoms with Gasteiger partial charge >= 0.3 is 22.4 Å². The Morgan fingerprint density at radius 2 is 1.83 bits per heavy atom. The molecule has 0 rings (SSSR count). The van der Waals surface area contributed by atoms with Crippen LogP contribution >= 0.6 is 0 Å². The van der Waals surface area contributed by atoms with Gasteiger partial charge in [-0.1, -0.05) is 0 Å². The van der Waals surface area contributed by atoms with Gasteiger partial charge in [0.1, 0.15) is 0 Å². The number of hydrogen-bond donors (Lipinski definition) is 0. The summed E-state index contributed by atoms with van der Waals surface area (Å²) in [5, 5.41) is 0. The zero-order valence-corrected chi connectivity index (χ0v) is 5.96. The van der Waals surface area contributed by atoms with Crippen LogP contribution in [0.4, 0.5) is 0 Å². The van der Waals surface area contributed by atoms with Gasteiger partial charge in [-0.15, -0.1) is 0 Å². The Morgan fingerprint density at radius 3 is 1.83 bits per heavy atom. The van der Waals surface area contributed by atoms with E-state index in [0.717, 1.165) is 6.08 Å². The predicted octanol–water partition coefficient (Wildman–Crippen LogP) is 0.277. The summed E-state index contributed by atoms with van der Waals surface area (Å²) in [6.45, 7) is 3.06. The van der Waals surface area contributed by atoms with E-state index in [0.29, 0.717) is 0 Å². The van der Waals surface area contributed by atoms with Crippen LogP contribution in [0.25, 0.3) is 0 Å². The summed E-state index contributed by atoms with van der Waals surface area (Å²) in [6.07, 6.45) is 2.51. The summed E-state index contributed by atoms with van der Waals surface area (Å²) in [5.41, 5.74) is 0. The molecular weight excluding hydrogens is 308 g/mol.